The normalized spacial score (nSPS) is 24.8. The van der Waals surface area contributed by atoms with E-state index in [4.69, 9.17) is 42.3 Å². The third-order valence-electron chi connectivity index (χ3n) is 20.2. The highest BCUT2D eigenvalue weighted by Gasteiger charge is 2.63. The predicted molar refractivity (Wildman–Crippen MR) is 385 cm³/mol. The van der Waals surface area contributed by atoms with Gasteiger partial charge in [-0.2, -0.15) is 0 Å². The number of ether oxygens (including phenoxy) is 2. The number of hydrogen-bond donors (Lipinski definition) is 9. The van der Waals surface area contributed by atoms with Gasteiger partial charge in [-0.25, -0.2) is 24.0 Å². The monoisotopic (exact) mass is 1620 g/mol. The molecule has 0 aliphatic carbocycles. The third-order valence-corrected chi connectivity index (χ3v) is 20.2. The van der Waals surface area contributed by atoms with Crippen molar-refractivity contribution in [1.29, 1.82) is 0 Å². The Morgan fingerprint density at radius 1 is 0.528 bits per heavy atom. The van der Waals surface area contributed by atoms with E-state index in [0.29, 0.717) is 69.1 Å². The van der Waals surface area contributed by atoms with Crippen LogP contribution in [0.2, 0.25) is 0 Å². The molecule has 578 valence electrons. The number of carbonyl (C=O) groups is 13. The largest absolute Gasteiger partial charge is 0.481 e. The molecule has 7 fully saturated rings. The highest BCUT2D eigenvalue weighted by atomic mass is 127. The number of primary amides is 4. The molecule has 2 aromatic rings. The number of carbonyl (C=O) groups excluding carboxylic acids is 11. The fourth-order valence-electron chi connectivity index (χ4n) is 14.4. The number of nitro groups is 2. The van der Waals surface area contributed by atoms with E-state index in [2.05, 4.69) is 37.1 Å². The summed E-state index contributed by atoms with van der Waals surface area (Å²) >= 11 is 2.25. The van der Waals surface area contributed by atoms with Crippen LogP contribution in [0.4, 0.5) is 11.4 Å². The summed E-state index contributed by atoms with van der Waals surface area (Å²) in [6.07, 6.45) is -1.72. The number of non-ortho nitro benzene ring substituents is 2. The lowest BCUT2D eigenvalue weighted by Gasteiger charge is -2.47. The molecule has 0 spiro atoms. The molecule has 0 aromatic heterocycles. The first-order valence-corrected chi connectivity index (χ1v) is 35.9. The van der Waals surface area contributed by atoms with E-state index in [1.165, 1.54) is 45.9 Å². The van der Waals surface area contributed by atoms with Crippen molar-refractivity contribution in [3.8, 4) is 0 Å². The molecule has 1 unspecified atom stereocenters. The van der Waals surface area contributed by atoms with Crippen molar-refractivity contribution >= 4 is 120 Å². The number of nitrogens with one attached hydrogen (secondary N) is 1. The number of rotatable bonds is 20. The minimum Gasteiger partial charge on any atom is -0.481 e. The second kappa shape index (κ2) is 36.0. The minimum atomic E-state index is -1.13. The molecule has 0 saturated carbocycles. The number of hydrogen-bond acceptors (Lipinski definition) is 25. The van der Waals surface area contributed by atoms with Gasteiger partial charge in [-0.05, 0) is 60.8 Å². The lowest BCUT2D eigenvalue weighted by atomic mass is 9.74. The van der Waals surface area contributed by atoms with Crippen LogP contribution in [0, 0.1) is 85.3 Å². The van der Waals surface area contributed by atoms with Crippen molar-refractivity contribution in [3.05, 3.63) is 114 Å². The first kappa shape index (κ1) is 85.8. The van der Waals surface area contributed by atoms with Crippen LogP contribution in [0.15, 0.2) is 82.3 Å². The molecule has 106 heavy (non-hydrogen) atoms. The number of esters is 4. The quantitative estimate of drug-likeness (QED) is 0.0125. The van der Waals surface area contributed by atoms with Gasteiger partial charge in [0.2, 0.25) is 41.4 Å². The number of aliphatic hydroxyl groups is 2. The Kier molecular flexibility index (Phi) is 29.1. The maximum Gasteiger partial charge on any atom is 0.362 e. The number of β-lactam (4-membered cyclic amide) rings is 3. The Morgan fingerprint density at radius 3 is 1.02 bits per heavy atom. The lowest BCUT2D eigenvalue weighted by Crippen LogP contribution is -2.63. The number of fused-ring (bicyclic) bond motifs is 3. The third kappa shape index (κ3) is 18.5. The van der Waals surface area contributed by atoms with Gasteiger partial charge in [0.1, 0.15) is 17.1 Å². The van der Waals surface area contributed by atoms with E-state index in [1.807, 2.05) is 49.3 Å². The Balaban J connectivity index is 0.000000230. The zero-order valence-corrected chi connectivity index (χ0v) is 62.0. The van der Waals surface area contributed by atoms with E-state index in [0.717, 1.165) is 48.4 Å². The molecule has 10 aliphatic heterocycles. The number of aliphatic carboxylic acids is 2. The van der Waals surface area contributed by atoms with Crippen LogP contribution in [0.3, 0.4) is 0 Å². The molecule has 13 N–H and O–H groups in total. The van der Waals surface area contributed by atoms with Crippen LogP contribution in [0.1, 0.15) is 83.5 Å². The maximum absolute atomic E-state index is 13.1. The number of amides is 7. The number of nitrogens with zero attached hydrogens (tertiary/aromatic N) is 8. The first-order valence-electron chi connectivity index (χ1n) is 33.5. The molecule has 0 radical (unpaired) electrons. The molecular formula is C68H91IN13O23P. The molecule has 10 aliphatic rings. The van der Waals surface area contributed by atoms with Gasteiger partial charge in [-0.1, -0.05) is 64.6 Å². The highest BCUT2D eigenvalue weighted by Crippen LogP contribution is 2.51. The molecule has 7 amide bonds. The van der Waals surface area contributed by atoms with Crippen LogP contribution >= 0.6 is 31.8 Å². The summed E-state index contributed by atoms with van der Waals surface area (Å²) in [6, 6.07) is 8.33. The SMILES string of the molecule is C.CC(=O)O.CC(C)[C@H]1C(=O)N2C(C(=O)OC(=O)c3ccc([N+](=O)[O-])cc3)=C(CN3CC(C(N)=O)C3)[C@H](C)[C@H]12.C[C@@H](O)[C@H]1C(=O)N2C(C(=O)O)=C(CN3CC(C(N)=O)C3)[C@H](C)[C@H]12.C[C@@H](O)[C@H]1C(=O)N2C(C(=O)OC(=O)c3ccc([N+](=O)[O-])cc3)=C(CN3CC(C(N)=O)C3)[C@H](C)[C@H]12.NC(=O)C1CNC1.PCI. The van der Waals surface area contributed by atoms with E-state index in [-0.39, 0.29) is 148 Å². The van der Waals surface area contributed by atoms with Crippen molar-refractivity contribution < 1.29 is 102 Å². The predicted octanol–water partition coefficient (Wildman–Crippen LogP) is 0.161. The van der Waals surface area contributed by atoms with Gasteiger partial charge in [0, 0.05) is 125 Å². The van der Waals surface area contributed by atoms with Crippen molar-refractivity contribution in [3.63, 3.8) is 0 Å². The molecule has 7 saturated heterocycles. The summed E-state index contributed by atoms with van der Waals surface area (Å²) in [5.41, 5.74) is 22.3. The van der Waals surface area contributed by atoms with Crippen molar-refractivity contribution in [2.75, 3.05) is 76.2 Å². The second-order valence-corrected chi connectivity index (χ2v) is 30.4. The molecule has 12 atom stereocenters. The molecule has 2 aromatic carbocycles. The zero-order chi connectivity index (χ0) is 78.4. The summed E-state index contributed by atoms with van der Waals surface area (Å²) in [4.78, 5) is 184. The Hall–Kier alpha value is -9.11. The lowest BCUT2D eigenvalue weighted by molar-refractivity contribution is -0.385. The van der Waals surface area contributed by atoms with Gasteiger partial charge in [-0.15, -0.1) is 9.24 Å². The average Bonchev–Trinajstić information content (AvgIpc) is 1.57. The molecule has 36 nitrogen and oxygen atoms in total. The number of benzene rings is 2. The van der Waals surface area contributed by atoms with E-state index in [1.54, 1.807) is 6.92 Å². The highest BCUT2D eigenvalue weighted by molar-refractivity contribution is 14.1. The summed E-state index contributed by atoms with van der Waals surface area (Å²) in [5, 5.41) is 61.3. The van der Waals surface area contributed by atoms with Gasteiger partial charge in [-0.3, -0.25) is 73.3 Å². The average molecular weight is 1620 g/mol. The second-order valence-electron chi connectivity index (χ2n) is 27.5. The number of carboxylic acids is 2. The fraction of sp³-hybridized carbons (Fsp3) is 0.544. The first-order chi connectivity index (χ1) is 49.2. The van der Waals surface area contributed by atoms with Crippen LogP contribution in [0.5, 0.6) is 0 Å². The van der Waals surface area contributed by atoms with Gasteiger partial charge < -0.3 is 72.9 Å². The Labute approximate surface area is 625 Å². The van der Waals surface area contributed by atoms with Gasteiger partial charge >= 0.3 is 29.8 Å². The standard InChI is InChI=1S/C23H26N4O7.C22H24N4O8.C15H21N3O5.C4H8N2O.C2H4O2.CH4IP.CH4/c1-11(2)17-18-12(3)16(10-25-8-14(9-25)20(24)28)19(26(18)21(17)29)23(31)34-22(30)13-4-6-15(7-5-13)27(32)33;1-10-15(9-24-7-13(8-24)19(23)28)18(25-17(10)16(11(2)27)20(25)29)22(31)34-21(30)12-3-5-14(6-4-12)26(32)33;1-6-9(5-17-3-8(4-17)13(16)20)12(15(22)23)18-11(6)10(7(2)19)14(18)21;5-4(7)3-1-6-2-3;1-2(3)4;2-1-3;/h4-7,11-12,14,17-18H,8-10H2,1-3H3,(H2,24,28);3-6,10-11,13,16-17,27H,7-9H2,1-2H3,(H2,23,28);6-8,10-11,19H,3-5H2,1-2H3,(H2,16,20)(H,22,23);3,6H,1-2H2,(H2,5,7);1H3,(H,3,4);1,3H2;1H4/t12-,17+,18+;10-,11+,16+,17+;6-,7+,10+,11+;;;;/m000..../s1. The van der Waals surface area contributed by atoms with Crippen molar-refractivity contribution in [2.45, 2.75) is 93.2 Å². The summed E-state index contributed by atoms with van der Waals surface area (Å²) < 4.78 is 11.3. The Bertz CT molecular complexity index is 3720. The fourth-order valence-corrected chi connectivity index (χ4v) is 14.4. The molecular weight excluding hydrogens is 1520 g/mol. The smallest absolute Gasteiger partial charge is 0.362 e. The summed E-state index contributed by atoms with van der Waals surface area (Å²) in [5.74, 6) is -10.7. The number of halogens is 1. The van der Waals surface area contributed by atoms with E-state index >= 15 is 0 Å². The van der Waals surface area contributed by atoms with Crippen LogP contribution in [-0.2, 0) is 62.2 Å². The van der Waals surface area contributed by atoms with Crippen LogP contribution < -0.4 is 28.3 Å². The number of alkyl halides is 1. The molecule has 10 heterocycles. The number of nitrogens with two attached hydrogens (primary N) is 4. The minimum absolute atomic E-state index is 0. The number of aliphatic hydroxyl groups excluding tert-OH is 2. The van der Waals surface area contributed by atoms with Gasteiger partial charge in [0.25, 0.3) is 17.3 Å². The zero-order valence-electron chi connectivity index (χ0n) is 58.7. The molecule has 38 heteroatoms. The van der Waals surface area contributed by atoms with Crippen molar-refractivity contribution in [2.24, 2.45) is 88.0 Å². The Morgan fingerprint density at radius 2 is 0.792 bits per heavy atom. The van der Waals surface area contributed by atoms with Crippen molar-refractivity contribution in [1.82, 2.24) is 34.7 Å². The summed E-state index contributed by atoms with van der Waals surface area (Å²) in [7, 11) is 2.57. The van der Waals surface area contributed by atoms with E-state index < -0.39 is 87.6 Å². The van der Waals surface area contributed by atoms with E-state index in [9.17, 15) is 93.1 Å². The molecule has 0 bridgehead atoms. The van der Waals surface area contributed by atoms with Gasteiger partial charge in [0.05, 0.1) is 92.7 Å². The number of likely N-dealkylation sites (tertiary alicyclic amines) is 3. The van der Waals surface area contributed by atoms with Crippen LogP contribution in [-0.4, -0.2) is 243 Å². The number of nitro benzene ring substituents is 2. The molecule has 12 rings (SSSR count). The number of carboxylic acid groups (broad SMARTS) is 2. The topological polar surface area (TPSA) is 543 Å². The maximum atomic E-state index is 13.1. The summed E-state index contributed by atoms with van der Waals surface area (Å²) in [6.45, 7) is 19.0. The van der Waals surface area contributed by atoms with Crippen LogP contribution in [0.25, 0.3) is 0 Å². The van der Waals surface area contributed by atoms with Gasteiger partial charge in [0.15, 0.2) is 0 Å².